The van der Waals surface area contributed by atoms with E-state index in [4.69, 9.17) is 9.84 Å². The zero-order valence-corrected chi connectivity index (χ0v) is 26.3. The van der Waals surface area contributed by atoms with Crippen LogP contribution in [0.2, 0.25) is 0 Å². The summed E-state index contributed by atoms with van der Waals surface area (Å²) in [5.41, 5.74) is 3.64. The van der Waals surface area contributed by atoms with Gasteiger partial charge in [-0.3, -0.25) is 9.59 Å². The van der Waals surface area contributed by atoms with Crippen LogP contribution in [0.1, 0.15) is 44.6 Å². The lowest BCUT2D eigenvalue weighted by Crippen LogP contribution is -2.28. The van der Waals surface area contributed by atoms with Crippen molar-refractivity contribution in [3.63, 3.8) is 0 Å². The second-order valence-electron chi connectivity index (χ2n) is 10.4. The summed E-state index contributed by atoms with van der Waals surface area (Å²) < 4.78 is 7.33. The smallest absolute Gasteiger partial charge is 0.253 e. The topological polar surface area (TPSA) is 102 Å². The van der Waals surface area contributed by atoms with Crippen LogP contribution in [0.15, 0.2) is 113 Å². The first kappa shape index (κ1) is 30.3. The van der Waals surface area contributed by atoms with Crippen molar-refractivity contribution in [1.29, 1.82) is 0 Å². The number of aryl methyl sites for hydroxylation is 1. The molecule has 0 spiro atoms. The van der Waals surface area contributed by atoms with Gasteiger partial charge < -0.3 is 14.6 Å². The molecule has 0 aliphatic carbocycles. The maximum atomic E-state index is 13.8. The largest absolute Gasteiger partial charge is 0.497 e. The molecule has 0 saturated carbocycles. The minimum Gasteiger partial charge on any atom is -0.497 e. The molecular weight excluding hydrogens is 605 g/mol. The van der Waals surface area contributed by atoms with Crippen LogP contribution in [0, 0.1) is 0 Å². The first-order chi connectivity index (χ1) is 22.1. The molecule has 228 valence electrons. The van der Waals surface area contributed by atoms with E-state index in [-0.39, 0.29) is 30.2 Å². The van der Waals surface area contributed by atoms with E-state index in [2.05, 4.69) is 27.6 Å². The van der Waals surface area contributed by atoms with E-state index in [1.165, 1.54) is 17.3 Å². The number of hydrazone groups is 1. The molecule has 0 bridgehead atoms. The predicted molar refractivity (Wildman–Crippen MR) is 177 cm³/mol. The summed E-state index contributed by atoms with van der Waals surface area (Å²) in [5.74, 6) is 1.21. The van der Waals surface area contributed by atoms with Crippen LogP contribution in [-0.2, 0) is 24.3 Å². The molecule has 1 aliphatic heterocycles. The summed E-state index contributed by atoms with van der Waals surface area (Å²) in [5, 5.41) is 20.8. The third kappa shape index (κ3) is 7.33. The lowest BCUT2D eigenvalue weighted by Gasteiger charge is -2.22. The maximum Gasteiger partial charge on any atom is 0.253 e. The fourth-order valence-electron chi connectivity index (χ4n) is 5.13. The summed E-state index contributed by atoms with van der Waals surface area (Å²) in [4.78, 5) is 27.6. The number of thiophene rings is 1. The summed E-state index contributed by atoms with van der Waals surface area (Å²) >= 11 is 2.94. The Hall–Kier alpha value is -4.74. The van der Waals surface area contributed by atoms with Crippen molar-refractivity contribution in [2.24, 2.45) is 5.10 Å². The van der Waals surface area contributed by atoms with Crippen LogP contribution in [-0.4, -0.2) is 50.2 Å². The molecule has 5 aromatic rings. The third-order valence-corrected chi connectivity index (χ3v) is 9.37. The molecular formula is C34H32N6O3S2. The molecule has 1 N–H and O–H groups in total. The first-order valence-electron chi connectivity index (χ1n) is 14.6. The standard InChI is InChI=1S/C34H32N6O3S2/c1-43-27-16-14-25(15-17-27)29-21-28(30-13-8-20-44-30)38-40(29)32(41)23-45-34-37-36-31(22-35-33(42)26-11-6-3-7-12-26)39(34)19-18-24-9-4-2-5-10-24/h2-17,20,29H,18-19,21-23H2,1H3,(H,35,42)/t29-/m0/s1. The summed E-state index contributed by atoms with van der Waals surface area (Å²) in [6.07, 6.45) is 1.38. The number of rotatable bonds is 12. The lowest BCUT2D eigenvalue weighted by atomic mass is 10.0. The van der Waals surface area contributed by atoms with E-state index in [0.29, 0.717) is 29.5 Å². The van der Waals surface area contributed by atoms with Crippen molar-refractivity contribution in [3.8, 4) is 5.75 Å². The van der Waals surface area contributed by atoms with Gasteiger partial charge in [0, 0.05) is 18.5 Å². The van der Waals surface area contributed by atoms with Crippen LogP contribution in [0.4, 0.5) is 0 Å². The number of methoxy groups -OCH3 is 1. The highest BCUT2D eigenvalue weighted by molar-refractivity contribution is 7.99. The summed E-state index contributed by atoms with van der Waals surface area (Å²) in [6, 6.07) is 30.8. The Balaban J connectivity index is 1.19. The molecule has 0 fully saturated rings. The van der Waals surface area contributed by atoms with Gasteiger partial charge in [-0.25, -0.2) is 5.01 Å². The zero-order chi connectivity index (χ0) is 31.0. The molecule has 9 nitrogen and oxygen atoms in total. The number of nitrogens with one attached hydrogen (secondary N) is 1. The molecule has 3 heterocycles. The highest BCUT2D eigenvalue weighted by Crippen LogP contribution is 2.35. The highest BCUT2D eigenvalue weighted by Gasteiger charge is 2.33. The maximum absolute atomic E-state index is 13.8. The normalized spacial score (nSPS) is 14.3. The summed E-state index contributed by atoms with van der Waals surface area (Å²) in [6.45, 7) is 0.813. The molecule has 2 amide bonds. The molecule has 0 radical (unpaired) electrons. The monoisotopic (exact) mass is 636 g/mol. The van der Waals surface area contributed by atoms with Crippen molar-refractivity contribution in [2.45, 2.75) is 37.1 Å². The van der Waals surface area contributed by atoms with E-state index in [1.54, 1.807) is 35.6 Å². The molecule has 0 unspecified atom stereocenters. The Kier molecular flexibility index (Phi) is 9.67. The highest BCUT2D eigenvalue weighted by atomic mass is 32.2. The van der Waals surface area contributed by atoms with E-state index in [1.807, 2.05) is 82.7 Å². The quantitative estimate of drug-likeness (QED) is 0.169. The third-order valence-electron chi connectivity index (χ3n) is 7.50. The summed E-state index contributed by atoms with van der Waals surface area (Å²) in [7, 11) is 1.64. The molecule has 2 aromatic heterocycles. The van der Waals surface area contributed by atoms with E-state index in [9.17, 15) is 9.59 Å². The number of nitrogens with zero attached hydrogens (tertiary/aromatic N) is 5. The van der Waals surface area contributed by atoms with Crippen LogP contribution in [0.3, 0.4) is 0 Å². The van der Waals surface area contributed by atoms with Gasteiger partial charge in [-0.2, -0.15) is 5.10 Å². The van der Waals surface area contributed by atoms with Crippen molar-refractivity contribution in [3.05, 3.63) is 130 Å². The Labute approximate surface area is 270 Å². The molecule has 11 heteroatoms. The average Bonchev–Trinajstić information content (AvgIpc) is 3.87. The van der Waals surface area contributed by atoms with Gasteiger partial charge in [0.25, 0.3) is 11.8 Å². The minimum absolute atomic E-state index is 0.121. The van der Waals surface area contributed by atoms with E-state index < -0.39 is 0 Å². The molecule has 1 aliphatic rings. The van der Waals surface area contributed by atoms with E-state index >= 15 is 0 Å². The number of hydrogen-bond acceptors (Lipinski definition) is 8. The van der Waals surface area contributed by atoms with Gasteiger partial charge in [-0.05, 0) is 53.3 Å². The van der Waals surface area contributed by atoms with Gasteiger partial charge in [0.1, 0.15) is 5.75 Å². The Morgan fingerprint density at radius 3 is 2.42 bits per heavy atom. The van der Waals surface area contributed by atoms with Gasteiger partial charge >= 0.3 is 0 Å². The Morgan fingerprint density at radius 1 is 0.956 bits per heavy atom. The zero-order valence-electron chi connectivity index (χ0n) is 24.7. The SMILES string of the molecule is COc1ccc([C@@H]2CC(c3cccs3)=NN2C(=O)CSc2nnc(CNC(=O)c3ccccc3)n2CCc2ccccc2)cc1. The average molecular weight is 637 g/mol. The van der Waals surface area contributed by atoms with Gasteiger partial charge in [0.15, 0.2) is 11.0 Å². The fraction of sp³-hybridized carbons (Fsp3) is 0.206. The number of thioether (sulfide) groups is 1. The van der Waals surface area contributed by atoms with Crippen LogP contribution >= 0.6 is 23.1 Å². The predicted octanol–water partition coefficient (Wildman–Crippen LogP) is 5.99. The molecule has 6 rings (SSSR count). The number of ether oxygens (including phenoxy) is 1. The molecule has 0 saturated heterocycles. The second kappa shape index (κ2) is 14.4. The van der Waals surface area contributed by atoms with Crippen molar-refractivity contribution < 1.29 is 14.3 Å². The number of benzene rings is 3. The van der Waals surface area contributed by atoms with Crippen LogP contribution in [0.5, 0.6) is 5.75 Å². The fourth-order valence-corrected chi connectivity index (χ4v) is 6.68. The first-order valence-corrected chi connectivity index (χ1v) is 16.4. The molecule has 45 heavy (non-hydrogen) atoms. The van der Waals surface area contributed by atoms with Crippen molar-refractivity contribution in [1.82, 2.24) is 25.1 Å². The minimum atomic E-state index is -0.221. The molecule has 1 atom stereocenters. The number of carbonyl (C=O) groups excluding carboxylic acids is 2. The Bertz CT molecular complexity index is 1760. The van der Waals surface area contributed by atoms with Gasteiger partial charge in [0.05, 0.1) is 36.0 Å². The number of carbonyl (C=O) groups is 2. The van der Waals surface area contributed by atoms with Crippen molar-refractivity contribution in [2.75, 3.05) is 12.9 Å². The lowest BCUT2D eigenvalue weighted by molar-refractivity contribution is -0.130. The number of hydrogen-bond donors (Lipinski definition) is 1. The van der Waals surface area contributed by atoms with Crippen molar-refractivity contribution >= 4 is 40.6 Å². The number of amides is 2. The number of aromatic nitrogens is 3. The van der Waals surface area contributed by atoms with E-state index in [0.717, 1.165) is 28.3 Å². The molecule has 3 aromatic carbocycles. The van der Waals surface area contributed by atoms with Gasteiger partial charge in [-0.1, -0.05) is 78.5 Å². The Morgan fingerprint density at radius 2 is 1.71 bits per heavy atom. The van der Waals surface area contributed by atoms with Gasteiger partial charge in [-0.15, -0.1) is 21.5 Å². The van der Waals surface area contributed by atoms with Crippen LogP contribution < -0.4 is 10.1 Å². The second-order valence-corrected chi connectivity index (χ2v) is 12.3. The van der Waals surface area contributed by atoms with Gasteiger partial charge in [0.2, 0.25) is 0 Å². The van der Waals surface area contributed by atoms with Crippen LogP contribution in [0.25, 0.3) is 0 Å².